The summed E-state index contributed by atoms with van der Waals surface area (Å²) in [6, 6.07) is 6.99. The normalized spacial score (nSPS) is 12.5. The highest BCUT2D eigenvalue weighted by atomic mass is 79.9. The minimum Gasteiger partial charge on any atom is -0.204 e. The topological polar surface area (TPSA) is 0 Å². The van der Waals surface area contributed by atoms with E-state index in [1.54, 1.807) is 18.2 Å². The first kappa shape index (κ1) is 15.0. The fourth-order valence-electron chi connectivity index (χ4n) is 1.58. The summed E-state index contributed by atoms with van der Waals surface area (Å²) in [4.78, 5) is -0.412. The molecule has 2 aromatic carbocycles. The maximum Gasteiger partial charge on any atom is 0.160 e. The van der Waals surface area contributed by atoms with Crippen molar-refractivity contribution in [2.45, 2.75) is 4.83 Å². The second-order valence-electron chi connectivity index (χ2n) is 3.82. The molecular formula is C13H6BrCl3F2. The van der Waals surface area contributed by atoms with E-state index in [-0.39, 0.29) is 5.02 Å². The van der Waals surface area contributed by atoms with Gasteiger partial charge in [-0.3, -0.25) is 0 Å². The van der Waals surface area contributed by atoms with Crippen LogP contribution in [0.2, 0.25) is 15.1 Å². The van der Waals surface area contributed by atoms with E-state index in [1.165, 1.54) is 0 Å². The second-order valence-corrected chi connectivity index (χ2v) is 5.96. The number of hydrogen-bond donors (Lipinski definition) is 0. The van der Waals surface area contributed by atoms with E-state index in [1.807, 2.05) is 0 Å². The molecule has 0 aliphatic carbocycles. The van der Waals surface area contributed by atoms with Crippen molar-refractivity contribution in [3.05, 3.63) is 68.2 Å². The van der Waals surface area contributed by atoms with Gasteiger partial charge < -0.3 is 0 Å². The van der Waals surface area contributed by atoms with E-state index in [0.717, 1.165) is 17.7 Å². The third-order valence-corrected chi connectivity index (χ3v) is 4.64. The third kappa shape index (κ3) is 3.22. The van der Waals surface area contributed by atoms with Crippen LogP contribution in [-0.2, 0) is 0 Å². The fraction of sp³-hybridized carbons (Fsp3) is 0.0769. The molecule has 0 N–H and O–H groups in total. The molecule has 0 aliphatic rings. The highest BCUT2D eigenvalue weighted by molar-refractivity contribution is 9.09. The Morgan fingerprint density at radius 2 is 1.47 bits per heavy atom. The van der Waals surface area contributed by atoms with Gasteiger partial charge in [0.1, 0.15) is 0 Å². The molecule has 1 atom stereocenters. The highest BCUT2D eigenvalue weighted by Gasteiger charge is 2.18. The molecule has 0 saturated heterocycles. The molecule has 0 spiro atoms. The second kappa shape index (κ2) is 5.96. The molecule has 0 fully saturated rings. The molecule has 0 nitrogen and oxygen atoms in total. The number of benzene rings is 2. The largest absolute Gasteiger partial charge is 0.204 e. The van der Waals surface area contributed by atoms with Crippen LogP contribution >= 0.6 is 50.7 Å². The van der Waals surface area contributed by atoms with Gasteiger partial charge in [-0.1, -0.05) is 56.8 Å². The maximum atomic E-state index is 13.3. The lowest BCUT2D eigenvalue weighted by Gasteiger charge is -2.13. The summed E-state index contributed by atoms with van der Waals surface area (Å²) in [5.74, 6) is -1.94. The molecule has 0 amide bonds. The van der Waals surface area contributed by atoms with Gasteiger partial charge in [-0.25, -0.2) is 8.78 Å². The quantitative estimate of drug-likeness (QED) is 0.413. The summed E-state index contributed by atoms with van der Waals surface area (Å²) in [6.45, 7) is 0. The van der Waals surface area contributed by atoms with Crippen LogP contribution in [0.15, 0.2) is 30.3 Å². The standard InChI is InChI=1S/C13H6BrCl3F2/c14-13(6-1-2-8(15)10(17)3-6)7-4-11(18)12(19)5-9(7)16/h1-5,13H. The number of rotatable bonds is 2. The van der Waals surface area contributed by atoms with Gasteiger partial charge in [0.15, 0.2) is 11.6 Å². The summed E-state index contributed by atoms with van der Waals surface area (Å²) in [5, 5.41) is 0.927. The van der Waals surface area contributed by atoms with Crippen molar-refractivity contribution in [2.75, 3.05) is 0 Å². The molecule has 0 saturated carbocycles. The lowest BCUT2D eigenvalue weighted by atomic mass is 10.0. The molecule has 2 aromatic rings. The van der Waals surface area contributed by atoms with Crippen molar-refractivity contribution in [2.24, 2.45) is 0 Å². The van der Waals surface area contributed by atoms with Crippen LogP contribution < -0.4 is 0 Å². The molecule has 0 aliphatic heterocycles. The smallest absolute Gasteiger partial charge is 0.160 e. The lowest BCUT2D eigenvalue weighted by molar-refractivity contribution is 0.507. The Kier molecular flexibility index (Phi) is 4.72. The van der Waals surface area contributed by atoms with Gasteiger partial charge in [0.25, 0.3) is 0 Å². The van der Waals surface area contributed by atoms with Crippen molar-refractivity contribution in [1.29, 1.82) is 0 Å². The van der Waals surface area contributed by atoms with Crippen LogP contribution in [0.4, 0.5) is 8.78 Å². The van der Waals surface area contributed by atoms with Crippen LogP contribution in [0, 0.1) is 11.6 Å². The van der Waals surface area contributed by atoms with E-state index in [9.17, 15) is 8.78 Å². The molecule has 19 heavy (non-hydrogen) atoms. The molecular weight excluding hydrogens is 380 g/mol. The van der Waals surface area contributed by atoms with Gasteiger partial charge in [0, 0.05) is 5.02 Å². The Bertz CT molecular complexity index is 632. The molecule has 0 aromatic heterocycles. The Morgan fingerprint density at radius 1 is 0.842 bits per heavy atom. The third-order valence-electron chi connectivity index (χ3n) is 2.55. The van der Waals surface area contributed by atoms with Crippen LogP contribution in [0.3, 0.4) is 0 Å². The zero-order valence-corrected chi connectivity index (χ0v) is 13.1. The number of alkyl halides is 1. The monoisotopic (exact) mass is 384 g/mol. The zero-order valence-electron chi connectivity index (χ0n) is 9.23. The minimum atomic E-state index is -0.984. The molecule has 6 heteroatoms. The van der Waals surface area contributed by atoms with Gasteiger partial charge >= 0.3 is 0 Å². The Hall–Kier alpha value is -0.350. The van der Waals surface area contributed by atoms with Gasteiger partial charge in [0.2, 0.25) is 0 Å². The Labute approximate surface area is 132 Å². The predicted octanol–water partition coefficient (Wildman–Crippen LogP) is 6.41. The van der Waals surface area contributed by atoms with Gasteiger partial charge in [0.05, 0.1) is 14.9 Å². The predicted molar refractivity (Wildman–Crippen MR) is 78.6 cm³/mol. The summed E-state index contributed by atoms with van der Waals surface area (Å²) < 4.78 is 26.3. The molecule has 0 radical (unpaired) electrons. The van der Waals surface area contributed by atoms with Crippen molar-refractivity contribution >= 4 is 50.7 Å². The van der Waals surface area contributed by atoms with Gasteiger partial charge in [-0.2, -0.15) is 0 Å². The molecule has 0 bridgehead atoms. The summed E-state index contributed by atoms with van der Waals surface area (Å²) in [7, 11) is 0. The van der Waals surface area contributed by atoms with Crippen LogP contribution in [-0.4, -0.2) is 0 Å². The van der Waals surface area contributed by atoms with E-state index in [2.05, 4.69) is 15.9 Å². The first-order valence-electron chi connectivity index (χ1n) is 5.13. The molecule has 100 valence electrons. The molecule has 1 unspecified atom stereocenters. The van der Waals surface area contributed by atoms with E-state index < -0.39 is 16.5 Å². The first-order valence-corrected chi connectivity index (χ1v) is 7.18. The van der Waals surface area contributed by atoms with E-state index in [4.69, 9.17) is 34.8 Å². The highest BCUT2D eigenvalue weighted by Crippen LogP contribution is 2.38. The summed E-state index contributed by atoms with van der Waals surface area (Å²) >= 11 is 21.1. The Morgan fingerprint density at radius 3 is 2.11 bits per heavy atom. The first-order chi connectivity index (χ1) is 8.90. The van der Waals surface area contributed by atoms with Crippen molar-refractivity contribution in [3.8, 4) is 0 Å². The summed E-state index contributed by atoms with van der Waals surface area (Å²) in [6.07, 6.45) is 0. The van der Waals surface area contributed by atoms with Crippen molar-refractivity contribution in [3.63, 3.8) is 0 Å². The van der Waals surface area contributed by atoms with Crippen LogP contribution in [0.5, 0.6) is 0 Å². The summed E-state index contributed by atoms with van der Waals surface area (Å²) in [5.41, 5.74) is 1.15. The van der Waals surface area contributed by atoms with Crippen molar-refractivity contribution < 1.29 is 8.78 Å². The minimum absolute atomic E-state index is 0.131. The van der Waals surface area contributed by atoms with Gasteiger partial charge in [-0.15, -0.1) is 0 Å². The van der Waals surface area contributed by atoms with Crippen LogP contribution in [0.25, 0.3) is 0 Å². The number of halogens is 6. The van der Waals surface area contributed by atoms with E-state index >= 15 is 0 Å². The zero-order chi connectivity index (χ0) is 14.2. The molecule has 2 rings (SSSR count). The fourth-order valence-corrected chi connectivity index (χ4v) is 2.94. The molecule has 0 heterocycles. The Balaban J connectivity index is 2.46. The SMILES string of the molecule is Fc1cc(Cl)c(C(Br)c2ccc(Cl)c(Cl)c2)cc1F. The van der Waals surface area contributed by atoms with Gasteiger partial charge in [-0.05, 0) is 35.4 Å². The average Bonchev–Trinajstić information content (AvgIpc) is 2.36. The number of hydrogen-bond acceptors (Lipinski definition) is 0. The van der Waals surface area contributed by atoms with E-state index in [0.29, 0.717) is 15.6 Å². The maximum absolute atomic E-state index is 13.3. The lowest BCUT2D eigenvalue weighted by Crippen LogP contribution is -1.97. The van der Waals surface area contributed by atoms with Crippen LogP contribution in [0.1, 0.15) is 16.0 Å². The van der Waals surface area contributed by atoms with Crippen molar-refractivity contribution in [1.82, 2.24) is 0 Å². The average molecular weight is 386 g/mol.